The largest absolute Gasteiger partial charge is 0.478 e. The summed E-state index contributed by atoms with van der Waals surface area (Å²) in [5, 5.41) is 14.9. The summed E-state index contributed by atoms with van der Waals surface area (Å²) in [5.74, 6) is -1.53. The average molecular weight is 471 g/mol. The lowest BCUT2D eigenvalue weighted by atomic mass is 10.0. The van der Waals surface area contributed by atoms with Crippen LogP contribution in [0.15, 0.2) is 52.3 Å². The van der Waals surface area contributed by atoms with Crippen LogP contribution >= 0.6 is 50.5 Å². The second-order valence-corrected chi connectivity index (χ2v) is 7.86. The predicted molar refractivity (Wildman–Crippen MR) is 109 cm³/mol. The molecule has 4 nitrogen and oxygen atoms in total. The molecule has 0 bridgehead atoms. The van der Waals surface area contributed by atoms with E-state index in [0.717, 1.165) is 15.8 Å². The maximum absolute atomic E-state index is 12.4. The molecule has 26 heavy (non-hydrogen) atoms. The second kappa shape index (κ2) is 7.80. The van der Waals surface area contributed by atoms with Crippen molar-refractivity contribution in [3.05, 3.63) is 73.5 Å². The van der Waals surface area contributed by atoms with Crippen molar-refractivity contribution in [2.75, 3.05) is 5.32 Å². The number of thiophene rings is 1. The Balaban J connectivity index is 1.97. The summed E-state index contributed by atoms with van der Waals surface area (Å²) in [6.07, 6.45) is 0. The van der Waals surface area contributed by atoms with E-state index in [4.69, 9.17) is 23.2 Å². The minimum atomic E-state index is -1.14. The molecular formula is C18H10BrCl2NO3S. The number of nitrogens with one attached hydrogen (secondary N) is 1. The number of aromatic carboxylic acids is 1. The van der Waals surface area contributed by atoms with Crippen LogP contribution in [0, 0.1) is 0 Å². The van der Waals surface area contributed by atoms with Crippen LogP contribution in [0.1, 0.15) is 20.7 Å². The molecule has 1 aromatic heterocycles. The van der Waals surface area contributed by atoms with Crippen LogP contribution in [0.2, 0.25) is 10.0 Å². The van der Waals surface area contributed by atoms with Crippen LogP contribution in [-0.4, -0.2) is 17.0 Å². The Kier molecular flexibility index (Phi) is 5.67. The fourth-order valence-corrected chi connectivity index (χ4v) is 3.83. The molecule has 2 N–H and O–H groups in total. The van der Waals surface area contributed by atoms with E-state index in [1.54, 1.807) is 47.8 Å². The van der Waals surface area contributed by atoms with Gasteiger partial charge in [-0.1, -0.05) is 45.2 Å². The van der Waals surface area contributed by atoms with Gasteiger partial charge in [0.1, 0.15) is 10.6 Å². The maximum atomic E-state index is 12.4. The first-order valence-electron chi connectivity index (χ1n) is 7.24. The third-order valence-electron chi connectivity index (χ3n) is 3.57. The smallest absolute Gasteiger partial charge is 0.339 e. The first kappa shape index (κ1) is 18.9. The molecule has 0 saturated carbocycles. The minimum absolute atomic E-state index is 0.0128. The monoisotopic (exact) mass is 469 g/mol. The topological polar surface area (TPSA) is 66.4 Å². The van der Waals surface area contributed by atoms with E-state index in [0.29, 0.717) is 26.7 Å². The molecule has 0 aliphatic rings. The zero-order valence-corrected chi connectivity index (χ0v) is 16.8. The molecule has 0 aliphatic heterocycles. The number of rotatable bonds is 4. The molecular weight excluding hydrogens is 461 g/mol. The minimum Gasteiger partial charge on any atom is -0.478 e. The van der Waals surface area contributed by atoms with Crippen molar-refractivity contribution in [1.29, 1.82) is 0 Å². The van der Waals surface area contributed by atoms with E-state index in [9.17, 15) is 14.7 Å². The zero-order valence-electron chi connectivity index (χ0n) is 12.9. The van der Waals surface area contributed by atoms with Gasteiger partial charge in [-0.2, -0.15) is 0 Å². The number of benzene rings is 2. The summed E-state index contributed by atoms with van der Waals surface area (Å²) in [5.41, 5.74) is 1.51. The molecule has 0 atom stereocenters. The van der Waals surface area contributed by atoms with Crippen molar-refractivity contribution in [3.63, 3.8) is 0 Å². The molecule has 0 aliphatic carbocycles. The summed E-state index contributed by atoms with van der Waals surface area (Å²) in [6.45, 7) is 0. The van der Waals surface area contributed by atoms with Gasteiger partial charge in [0.05, 0.1) is 10.0 Å². The second-order valence-electron chi connectivity index (χ2n) is 5.25. The van der Waals surface area contributed by atoms with Gasteiger partial charge in [0.2, 0.25) is 0 Å². The van der Waals surface area contributed by atoms with Gasteiger partial charge >= 0.3 is 5.97 Å². The summed E-state index contributed by atoms with van der Waals surface area (Å²) >= 11 is 16.4. The van der Waals surface area contributed by atoms with Gasteiger partial charge in [0.25, 0.3) is 5.91 Å². The summed E-state index contributed by atoms with van der Waals surface area (Å²) in [7, 11) is 0. The Morgan fingerprint density at radius 2 is 1.73 bits per heavy atom. The third kappa shape index (κ3) is 3.94. The molecule has 0 saturated heterocycles. The van der Waals surface area contributed by atoms with Gasteiger partial charge in [-0.3, -0.25) is 4.79 Å². The van der Waals surface area contributed by atoms with Crippen molar-refractivity contribution in [2.45, 2.75) is 0 Å². The van der Waals surface area contributed by atoms with Gasteiger partial charge < -0.3 is 10.4 Å². The van der Waals surface area contributed by atoms with Crippen LogP contribution in [0.5, 0.6) is 0 Å². The van der Waals surface area contributed by atoms with Crippen molar-refractivity contribution in [2.24, 2.45) is 0 Å². The standard InChI is InChI=1S/C18H10BrCl2NO3S/c19-11-4-1-9(2-5-11)16(23)22-17-15(18(24)25)12(8-26-17)10-3-6-13(20)14(21)7-10/h1-8H,(H,22,23)(H,24,25). The highest BCUT2D eigenvalue weighted by molar-refractivity contribution is 9.10. The fourth-order valence-electron chi connectivity index (χ4n) is 2.31. The van der Waals surface area contributed by atoms with Crippen molar-refractivity contribution in [1.82, 2.24) is 0 Å². The molecule has 0 fully saturated rings. The first-order valence-corrected chi connectivity index (χ1v) is 9.67. The Morgan fingerprint density at radius 3 is 2.35 bits per heavy atom. The summed E-state index contributed by atoms with van der Waals surface area (Å²) in [4.78, 5) is 24.2. The third-order valence-corrected chi connectivity index (χ3v) is 5.73. The van der Waals surface area contributed by atoms with Crippen molar-refractivity contribution >= 4 is 67.3 Å². The van der Waals surface area contributed by atoms with E-state index < -0.39 is 5.97 Å². The molecule has 3 aromatic rings. The summed E-state index contributed by atoms with van der Waals surface area (Å²) in [6, 6.07) is 11.6. The van der Waals surface area contributed by atoms with Gasteiger partial charge in [-0.05, 0) is 42.0 Å². The Labute approximate surface area is 171 Å². The highest BCUT2D eigenvalue weighted by atomic mass is 79.9. The number of carbonyl (C=O) groups excluding carboxylic acids is 1. The number of carboxylic acid groups (broad SMARTS) is 1. The maximum Gasteiger partial charge on any atom is 0.339 e. The van der Waals surface area contributed by atoms with E-state index >= 15 is 0 Å². The normalized spacial score (nSPS) is 10.6. The van der Waals surface area contributed by atoms with E-state index in [1.165, 1.54) is 0 Å². The Bertz CT molecular complexity index is 1000. The van der Waals surface area contributed by atoms with Crippen LogP contribution in [0.25, 0.3) is 11.1 Å². The SMILES string of the molecule is O=C(Nc1scc(-c2ccc(Cl)c(Cl)c2)c1C(=O)O)c1ccc(Br)cc1. The number of halogens is 3. The zero-order chi connectivity index (χ0) is 18.8. The lowest BCUT2D eigenvalue weighted by Gasteiger charge is -2.07. The lowest BCUT2D eigenvalue weighted by molar-refractivity contribution is 0.0699. The molecule has 1 heterocycles. The quantitative estimate of drug-likeness (QED) is 0.461. The summed E-state index contributed by atoms with van der Waals surface area (Å²) < 4.78 is 0.846. The molecule has 0 spiro atoms. The van der Waals surface area contributed by atoms with Crippen molar-refractivity contribution < 1.29 is 14.7 Å². The van der Waals surface area contributed by atoms with Gasteiger partial charge in [0.15, 0.2) is 0 Å². The highest BCUT2D eigenvalue weighted by Gasteiger charge is 2.22. The van der Waals surface area contributed by atoms with Gasteiger partial charge in [0, 0.05) is 21.0 Å². The lowest BCUT2D eigenvalue weighted by Crippen LogP contribution is -2.13. The van der Waals surface area contributed by atoms with E-state index in [-0.39, 0.29) is 16.5 Å². The fraction of sp³-hybridized carbons (Fsp3) is 0. The van der Waals surface area contributed by atoms with Crippen LogP contribution in [0.4, 0.5) is 5.00 Å². The first-order chi connectivity index (χ1) is 12.4. The van der Waals surface area contributed by atoms with Gasteiger partial charge in [-0.15, -0.1) is 11.3 Å². The molecule has 132 valence electrons. The molecule has 3 rings (SSSR count). The molecule has 2 aromatic carbocycles. The van der Waals surface area contributed by atoms with Crippen LogP contribution < -0.4 is 5.32 Å². The average Bonchev–Trinajstić information content (AvgIpc) is 3.01. The molecule has 0 unspecified atom stereocenters. The Hall–Kier alpha value is -1.86. The molecule has 0 radical (unpaired) electrons. The number of amides is 1. The van der Waals surface area contributed by atoms with Crippen LogP contribution in [0.3, 0.4) is 0 Å². The van der Waals surface area contributed by atoms with Crippen LogP contribution in [-0.2, 0) is 0 Å². The van der Waals surface area contributed by atoms with E-state index in [1.807, 2.05) is 0 Å². The number of anilines is 1. The van der Waals surface area contributed by atoms with Crippen molar-refractivity contribution in [3.8, 4) is 11.1 Å². The predicted octanol–water partition coefficient (Wildman–Crippen LogP) is 6.43. The highest BCUT2D eigenvalue weighted by Crippen LogP contribution is 2.38. The molecule has 1 amide bonds. The Morgan fingerprint density at radius 1 is 1.04 bits per heavy atom. The van der Waals surface area contributed by atoms with Gasteiger partial charge in [-0.25, -0.2) is 4.79 Å². The van der Waals surface area contributed by atoms with E-state index in [2.05, 4.69) is 21.2 Å². The number of carboxylic acids is 1. The molecule has 8 heteroatoms. The number of hydrogen-bond donors (Lipinski definition) is 2. The number of carbonyl (C=O) groups is 2. The number of hydrogen-bond acceptors (Lipinski definition) is 3.